The van der Waals surface area contributed by atoms with Gasteiger partial charge in [0.1, 0.15) is 5.82 Å². The zero-order valence-corrected chi connectivity index (χ0v) is 18.5. The number of likely N-dealkylation sites (tertiary alicyclic amines) is 1. The molecule has 0 N–H and O–H groups in total. The maximum Gasteiger partial charge on any atom is 0.237 e. The second-order valence-electron chi connectivity index (χ2n) is 8.61. The van der Waals surface area contributed by atoms with Crippen LogP contribution in [0.4, 0.5) is 5.82 Å². The Balaban J connectivity index is 1.69. The first kappa shape index (κ1) is 21.4. The number of amides is 2. The van der Waals surface area contributed by atoms with E-state index in [0.717, 1.165) is 36.2 Å². The van der Waals surface area contributed by atoms with Crippen LogP contribution >= 0.6 is 0 Å². The summed E-state index contributed by atoms with van der Waals surface area (Å²) in [4.78, 5) is 45.3. The van der Waals surface area contributed by atoms with Crippen molar-refractivity contribution < 1.29 is 9.59 Å². The van der Waals surface area contributed by atoms with Crippen molar-refractivity contribution in [3.05, 3.63) is 47.2 Å². The number of likely N-dealkylation sites (N-methyl/N-ethyl adjacent to an activating group) is 1. The van der Waals surface area contributed by atoms with Gasteiger partial charge in [0, 0.05) is 30.4 Å². The van der Waals surface area contributed by atoms with E-state index in [1.807, 2.05) is 49.0 Å². The van der Waals surface area contributed by atoms with Crippen molar-refractivity contribution in [3.8, 4) is 0 Å². The number of fused-ring (bicyclic) bond motifs is 1. The van der Waals surface area contributed by atoms with E-state index < -0.39 is 0 Å². The zero-order chi connectivity index (χ0) is 22.0. The Bertz CT molecular complexity index is 962. The number of pyridine rings is 1. The van der Waals surface area contributed by atoms with Gasteiger partial charge in [-0.2, -0.15) is 0 Å². The predicted octanol–water partition coefficient (Wildman–Crippen LogP) is 2.27. The molecule has 1 atom stereocenters. The fourth-order valence-corrected chi connectivity index (χ4v) is 4.43. The maximum atomic E-state index is 12.9. The molecule has 1 saturated heterocycles. The van der Waals surface area contributed by atoms with Crippen LogP contribution in [0.25, 0.3) is 0 Å². The molecule has 164 valence electrons. The SMILES string of the molecule is Cc1nc(C2CCCCN2C(=O)CN(C)C)nc2c1CCC(=O)N2Cc1ccccn1. The molecule has 2 aliphatic heterocycles. The molecule has 4 rings (SSSR count). The topological polar surface area (TPSA) is 82.5 Å². The van der Waals surface area contributed by atoms with Gasteiger partial charge in [-0.1, -0.05) is 6.07 Å². The van der Waals surface area contributed by atoms with E-state index in [1.165, 1.54) is 0 Å². The number of nitrogens with zero attached hydrogens (tertiary/aromatic N) is 6. The molecule has 0 bridgehead atoms. The van der Waals surface area contributed by atoms with Crippen molar-refractivity contribution >= 4 is 17.6 Å². The standard InChI is InChI=1S/C23H30N6O2/c1-16-18-10-11-20(30)29(14-17-8-4-6-12-24-17)23(18)26-22(25-16)19-9-5-7-13-28(19)21(31)15-27(2)3/h4,6,8,12,19H,5,7,9-11,13-15H2,1-3H3. The molecule has 31 heavy (non-hydrogen) atoms. The Kier molecular flexibility index (Phi) is 6.27. The molecule has 0 aromatic carbocycles. The third kappa shape index (κ3) is 4.58. The molecule has 4 heterocycles. The summed E-state index contributed by atoms with van der Waals surface area (Å²) in [6, 6.07) is 5.55. The van der Waals surface area contributed by atoms with Gasteiger partial charge in [0.2, 0.25) is 11.8 Å². The highest BCUT2D eigenvalue weighted by Crippen LogP contribution is 2.34. The van der Waals surface area contributed by atoms with Gasteiger partial charge in [-0.05, 0) is 58.8 Å². The molecule has 0 aliphatic carbocycles. The highest BCUT2D eigenvalue weighted by molar-refractivity contribution is 5.95. The van der Waals surface area contributed by atoms with Crippen LogP contribution in [0.3, 0.4) is 0 Å². The number of rotatable bonds is 5. The van der Waals surface area contributed by atoms with Gasteiger partial charge < -0.3 is 9.80 Å². The molecular weight excluding hydrogens is 392 g/mol. The van der Waals surface area contributed by atoms with Gasteiger partial charge in [-0.25, -0.2) is 9.97 Å². The van der Waals surface area contributed by atoms with Crippen LogP contribution in [0.1, 0.15) is 54.5 Å². The maximum absolute atomic E-state index is 12.9. The summed E-state index contributed by atoms with van der Waals surface area (Å²) >= 11 is 0. The van der Waals surface area contributed by atoms with Crippen LogP contribution in [0, 0.1) is 6.92 Å². The molecule has 2 amide bonds. The molecule has 1 unspecified atom stereocenters. The molecule has 2 aliphatic rings. The first-order valence-corrected chi connectivity index (χ1v) is 11.0. The van der Waals surface area contributed by atoms with Crippen molar-refractivity contribution in [1.29, 1.82) is 0 Å². The first-order valence-electron chi connectivity index (χ1n) is 11.0. The molecule has 2 aromatic rings. The normalized spacial score (nSPS) is 19.0. The third-order valence-corrected chi connectivity index (χ3v) is 5.97. The van der Waals surface area contributed by atoms with Gasteiger partial charge in [0.15, 0.2) is 5.82 Å². The van der Waals surface area contributed by atoms with Crippen molar-refractivity contribution in [2.45, 2.75) is 51.6 Å². The number of carbonyl (C=O) groups is 2. The summed E-state index contributed by atoms with van der Waals surface area (Å²) in [7, 11) is 3.80. The number of hydrogen-bond donors (Lipinski definition) is 0. The summed E-state index contributed by atoms with van der Waals surface area (Å²) in [5.41, 5.74) is 2.73. The van der Waals surface area contributed by atoms with Crippen molar-refractivity contribution in [2.24, 2.45) is 0 Å². The lowest BCUT2D eigenvalue weighted by atomic mass is 9.99. The van der Waals surface area contributed by atoms with Crippen LogP contribution in [-0.4, -0.2) is 63.8 Å². The lowest BCUT2D eigenvalue weighted by Crippen LogP contribution is -2.44. The average molecular weight is 423 g/mol. The average Bonchev–Trinajstić information content (AvgIpc) is 2.76. The Morgan fingerprint density at radius 3 is 2.77 bits per heavy atom. The zero-order valence-electron chi connectivity index (χ0n) is 18.5. The summed E-state index contributed by atoms with van der Waals surface area (Å²) in [6.07, 6.45) is 5.69. The first-order chi connectivity index (χ1) is 14.9. The Hall–Kier alpha value is -2.87. The van der Waals surface area contributed by atoms with Gasteiger partial charge in [0.25, 0.3) is 0 Å². The lowest BCUT2D eigenvalue weighted by molar-refractivity contribution is -0.136. The number of piperidine rings is 1. The van der Waals surface area contributed by atoms with E-state index in [-0.39, 0.29) is 17.9 Å². The van der Waals surface area contributed by atoms with E-state index in [0.29, 0.717) is 44.1 Å². The molecule has 0 radical (unpaired) electrons. The van der Waals surface area contributed by atoms with E-state index in [9.17, 15) is 9.59 Å². The van der Waals surface area contributed by atoms with E-state index in [2.05, 4.69) is 4.98 Å². The van der Waals surface area contributed by atoms with Crippen molar-refractivity contribution in [2.75, 3.05) is 32.1 Å². The van der Waals surface area contributed by atoms with Gasteiger partial charge in [-0.3, -0.25) is 19.5 Å². The predicted molar refractivity (Wildman–Crippen MR) is 117 cm³/mol. The van der Waals surface area contributed by atoms with Gasteiger partial charge >= 0.3 is 0 Å². The number of aromatic nitrogens is 3. The van der Waals surface area contributed by atoms with Crippen molar-refractivity contribution in [1.82, 2.24) is 24.8 Å². The van der Waals surface area contributed by atoms with Crippen LogP contribution in [0.5, 0.6) is 0 Å². The van der Waals surface area contributed by atoms with Crippen LogP contribution < -0.4 is 4.90 Å². The summed E-state index contributed by atoms with van der Waals surface area (Å²) in [6.45, 7) is 3.45. The lowest BCUT2D eigenvalue weighted by Gasteiger charge is -2.36. The fourth-order valence-electron chi connectivity index (χ4n) is 4.43. The second kappa shape index (κ2) is 9.09. The largest absolute Gasteiger partial charge is 0.331 e. The minimum atomic E-state index is -0.154. The smallest absolute Gasteiger partial charge is 0.237 e. The monoisotopic (exact) mass is 422 g/mol. The number of hydrogen-bond acceptors (Lipinski definition) is 6. The highest BCUT2D eigenvalue weighted by atomic mass is 16.2. The van der Waals surface area contributed by atoms with E-state index in [4.69, 9.17) is 9.97 Å². The van der Waals surface area contributed by atoms with Crippen molar-refractivity contribution in [3.63, 3.8) is 0 Å². The van der Waals surface area contributed by atoms with Crippen LogP contribution in [0.2, 0.25) is 0 Å². The number of aryl methyl sites for hydroxylation is 1. The Morgan fingerprint density at radius 1 is 1.19 bits per heavy atom. The molecule has 0 saturated carbocycles. The summed E-state index contributed by atoms with van der Waals surface area (Å²) in [5.74, 6) is 1.46. The van der Waals surface area contributed by atoms with Gasteiger partial charge in [0.05, 0.1) is 24.8 Å². The van der Waals surface area contributed by atoms with E-state index in [1.54, 1.807) is 11.1 Å². The molecule has 8 heteroatoms. The van der Waals surface area contributed by atoms with Crippen LogP contribution in [0.15, 0.2) is 24.4 Å². The summed E-state index contributed by atoms with van der Waals surface area (Å²) < 4.78 is 0. The number of anilines is 1. The fraction of sp³-hybridized carbons (Fsp3) is 0.522. The molecule has 8 nitrogen and oxygen atoms in total. The van der Waals surface area contributed by atoms with Crippen LogP contribution in [-0.2, 0) is 22.6 Å². The number of carbonyl (C=O) groups excluding carboxylic acids is 2. The Labute approximate surface area is 183 Å². The Morgan fingerprint density at radius 2 is 2.03 bits per heavy atom. The molecule has 0 spiro atoms. The minimum absolute atomic E-state index is 0.0476. The highest BCUT2D eigenvalue weighted by Gasteiger charge is 2.34. The van der Waals surface area contributed by atoms with E-state index >= 15 is 0 Å². The quantitative estimate of drug-likeness (QED) is 0.735. The van der Waals surface area contributed by atoms with Gasteiger partial charge in [-0.15, -0.1) is 0 Å². The molecule has 2 aromatic heterocycles. The third-order valence-electron chi connectivity index (χ3n) is 5.97. The minimum Gasteiger partial charge on any atom is -0.331 e. The molecular formula is C23H30N6O2. The molecule has 1 fully saturated rings. The summed E-state index contributed by atoms with van der Waals surface area (Å²) in [5, 5.41) is 0. The second-order valence-corrected chi connectivity index (χ2v) is 8.61.